The number of hydrogen-bond donors (Lipinski definition) is 3. The van der Waals surface area contributed by atoms with Crippen LogP contribution in [0.3, 0.4) is 0 Å². The Balaban J connectivity index is 2.86. The van der Waals surface area contributed by atoms with Crippen LogP contribution < -0.4 is 21.3 Å². The van der Waals surface area contributed by atoms with Gasteiger partial charge < -0.3 is 16.2 Å². The van der Waals surface area contributed by atoms with Gasteiger partial charge in [-0.15, -0.1) is 5.10 Å². The summed E-state index contributed by atoms with van der Waals surface area (Å²) >= 11 is 0. The van der Waals surface area contributed by atoms with Crippen molar-refractivity contribution >= 4 is 12.2 Å². The molecule has 0 bridgehead atoms. The van der Waals surface area contributed by atoms with Gasteiger partial charge in [0, 0.05) is 5.10 Å². The standard InChI is InChI=1S/C9H10F2N4O/c10-8(11)16-7-4-2-1-3-6(7)5-14-15-9(12)13/h1-5,8H,(H4,12,13,15)/p+1/b14-5+. The zero-order chi connectivity index (χ0) is 12.0. The lowest BCUT2D eigenvalue weighted by molar-refractivity contribution is -0.456. The van der Waals surface area contributed by atoms with Crippen molar-refractivity contribution in [1.29, 1.82) is 0 Å². The molecule has 0 amide bonds. The highest BCUT2D eigenvalue weighted by Crippen LogP contribution is 2.17. The van der Waals surface area contributed by atoms with Crippen molar-refractivity contribution < 1.29 is 18.6 Å². The molecule has 0 saturated heterocycles. The molecular formula is C9H11F2N4O+. The molecule has 86 valence electrons. The monoisotopic (exact) mass is 229 g/mol. The van der Waals surface area contributed by atoms with Crippen LogP contribution in [0.2, 0.25) is 0 Å². The molecule has 0 radical (unpaired) electrons. The summed E-state index contributed by atoms with van der Waals surface area (Å²) in [6, 6.07) is 6.24. The first-order valence-electron chi connectivity index (χ1n) is 4.31. The fraction of sp³-hybridized carbons (Fsp3) is 0.111. The van der Waals surface area contributed by atoms with Gasteiger partial charge in [-0.3, -0.25) is 0 Å². The molecule has 0 aliphatic heterocycles. The van der Waals surface area contributed by atoms with Crippen molar-refractivity contribution in [3.8, 4) is 5.75 Å². The molecule has 0 aliphatic rings. The molecular weight excluding hydrogens is 218 g/mol. The first-order chi connectivity index (χ1) is 7.59. The minimum Gasteiger partial charge on any atom is -0.434 e. The van der Waals surface area contributed by atoms with Gasteiger partial charge in [0.25, 0.3) is 5.96 Å². The summed E-state index contributed by atoms with van der Waals surface area (Å²) in [6.45, 7) is -2.88. The number of halogens is 2. The van der Waals surface area contributed by atoms with E-state index in [0.717, 1.165) is 0 Å². The van der Waals surface area contributed by atoms with Gasteiger partial charge in [0.2, 0.25) is 6.21 Å². The van der Waals surface area contributed by atoms with Gasteiger partial charge in [-0.2, -0.15) is 8.78 Å². The van der Waals surface area contributed by atoms with Crippen LogP contribution in [0.15, 0.2) is 29.4 Å². The van der Waals surface area contributed by atoms with Crippen LogP contribution in [0.1, 0.15) is 5.56 Å². The molecule has 0 aliphatic carbocycles. The third-order valence-electron chi connectivity index (χ3n) is 1.55. The second-order valence-electron chi connectivity index (χ2n) is 2.73. The molecule has 1 aromatic carbocycles. The summed E-state index contributed by atoms with van der Waals surface area (Å²) in [7, 11) is 0. The van der Waals surface area contributed by atoms with E-state index in [4.69, 9.17) is 11.5 Å². The quantitative estimate of drug-likeness (QED) is 0.350. The molecule has 16 heavy (non-hydrogen) atoms. The zero-order valence-electron chi connectivity index (χ0n) is 8.23. The van der Waals surface area contributed by atoms with Crippen LogP contribution in [0.4, 0.5) is 8.78 Å². The van der Waals surface area contributed by atoms with Gasteiger partial charge in [0.15, 0.2) is 0 Å². The number of guanidine groups is 1. The molecule has 0 saturated carbocycles. The lowest BCUT2D eigenvalue weighted by Gasteiger charge is -2.04. The van der Waals surface area contributed by atoms with E-state index in [1.165, 1.54) is 12.3 Å². The molecule has 1 aromatic rings. The summed E-state index contributed by atoms with van der Waals surface area (Å²) < 4.78 is 28.3. The first kappa shape index (κ1) is 11.9. The van der Waals surface area contributed by atoms with Gasteiger partial charge in [-0.25, -0.2) is 0 Å². The maximum atomic E-state index is 12.0. The zero-order valence-corrected chi connectivity index (χ0v) is 8.23. The number of hydrazone groups is 1. The third kappa shape index (κ3) is 3.91. The fourth-order valence-corrected chi connectivity index (χ4v) is 0.979. The highest BCUT2D eigenvalue weighted by molar-refractivity contribution is 5.80. The predicted molar refractivity (Wildman–Crippen MR) is 55.0 cm³/mol. The fourth-order valence-electron chi connectivity index (χ4n) is 0.979. The van der Waals surface area contributed by atoms with Gasteiger partial charge in [-0.1, -0.05) is 12.1 Å². The molecule has 0 unspecified atom stereocenters. The average Bonchev–Trinajstić information content (AvgIpc) is 2.19. The maximum absolute atomic E-state index is 12.0. The Kier molecular flexibility index (Phi) is 4.19. The van der Waals surface area contributed by atoms with Crippen molar-refractivity contribution in [3.63, 3.8) is 0 Å². The topological polar surface area (TPSA) is 87.6 Å². The number of ether oxygens (including phenoxy) is 1. The number of benzene rings is 1. The van der Waals surface area contributed by atoms with E-state index in [9.17, 15) is 8.78 Å². The molecule has 0 fully saturated rings. The number of rotatable bonds is 4. The van der Waals surface area contributed by atoms with Crippen LogP contribution in [0.5, 0.6) is 5.75 Å². The van der Waals surface area contributed by atoms with Crippen LogP contribution in [0.25, 0.3) is 0 Å². The van der Waals surface area contributed by atoms with E-state index in [-0.39, 0.29) is 11.7 Å². The van der Waals surface area contributed by atoms with E-state index in [0.29, 0.717) is 5.56 Å². The van der Waals surface area contributed by atoms with Crippen molar-refractivity contribution in [2.24, 2.45) is 16.6 Å². The van der Waals surface area contributed by atoms with Gasteiger partial charge in [-0.05, 0) is 12.1 Å². The normalized spacial score (nSPS) is 10.7. The Bertz CT molecular complexity index is 402. The van der Waals surface area contributed by atoms with Crippen LogP contribution in [-0.2, 0) is 0 Å². The Morgan fingerprint density at radius 3 is 2.69 bits per heavy atom. The van der Waals surface area contributed by atoms with Crippen molar-refractivity contribution in [2.75, 3.05) is 0 Å². The summed E-state index contributed by atoms with van der Waals surface area (Å²) in [4.78, 5) is 0. The Hall–Kier alpha value is -2.18. The number of nitrogens with one attached hydrogen (secondary N) is 1. The second kappa shape index (κ2) is 5.64. The van der Waals surface area contributed by atoms with Crippen molar-refractivity contribution in [2.45, 2.75) is 6.61 Å². The first-order valence-corrected chi connectivity index (χ1v) is 4.31. The molecule has 5 nitrogen and oxygen atoms in total. The van der Waals surface area contributed by atoms with Crippen molar-refractivity contribution in [3.05, 3.63) is 29.8 Å². The lowest BCUT2D eigenvalue weighted by Crippen LogP contribution is -2.63. The average molecular weight is 229 g/mol. The minimum atomic E-state index is -2.88. The second-order valence-corrected chi connectivity index (χ2v) is 2.73. The Morgan fingerprint density at radius 1 is 1.38 bits per heavy atom. The smallest absolute Gasteiger partial charge is 0.387 e. The molecule has 0 heterocycles. The van der Waals surface area contributed by atoms with Crippen LogP contribution >= 0.6 is 0 Å². The Morgan fingerprint density at radius 2 is 2.06 bits per heavy atom. The number of nitrogens with zero attached hydrogens (tertiary/aromatic N) is 1. The van der Waals surface area contributed by atoms with Crippen molar-refractivity contribution in [1.82, 2.24) is 0 Å². The largest absolute Gasteiger partial charge is 0.434 e. The van der Waals surface area contributed by atoms with E-state index < -0.39 is 6.61 Å². The van der Waals surface area contributed by atoms with Crippen LogP contribution in [-0.4, -0.2) is 18.8 Å². The molecule has 0 atom stereocenters. The molecule has 0 spiro atoms. The summed E-state index contributed by atoms with van der Waals surface area (Å²) in [5.41, 5.74) is 10.5. The minimum absolute atomic E-state index is 0.0378. The number of para-hydroxylation sites is 1. The summed E-state index contributed by atoms with van der Waals surface area (Å²) in [5, 5.41) is 5.87. The lowest BCUT2D eigenvalue weighted by atomic mass is 10.2. The number of alkyl halides is 2. The highest BCUT2D eigenvalue weighted by atomic mass is 19.3. The van der Waals surface area contributed by atoms with E-state index in [1.807, 2.05) is 0 Å². The van der Waals surface area contributed by atoms with E-state index in [2.05, 4.69) is 14.9 Å². The molecule has 0 aromatic heterocycles. The summed E-state index contributed by atoms with van der Waals surface area (Å²) in [6.07, 6.45) is 1.34. The molecule has 7 heteroatoms. The predicted octanol–water partition coefficient (Wildman–Crippen LogP) is -1.02. The number of hydrogen-bond acceptors (Lipinski definition) is 2. The molecule has 1 rings (SSSR count). The van der Waals surface area contributed by atoms with Crippen LogP contribution in [0, 0.1) is 0 Å². The summed E-state index contributed by atoms with van der Waals surface area (Å²) in [5.74, 6) is -0.126. The maximum Gasteiger partial charge on any atom is 0.387 e. The van der Waals surface area contributed by atoms with Gasteiger partial charge in [0.1, 0.15) is 5.75 Å². The number of nitrogens with two attached hydrogens (primary N) is 2. The third-order valence-corrected chi connectivity index (χ3v) is 1.55. The SMILES string of the molecule is NC(N)=N/[NH+]=C/c1ccccc1OC(F)F. The van der Waals surface area contributed by atoms with Gasteiger partial charge in [0.05, 0.1) is 5.56 Å². The molecule has 5 N–H and O–H groups in total. The van der Waals surface area contributed by atoms with E-state index in [1.54, 1.807) is 18.2 Å². The van der Waals surface area contributed by atoms with Gasteiger partial charge >= 0.3 is 6.61 Å². The Labute approximate surface area is 90.4 Å². The van der Waals surface area contributed by atoms with E-state index >= 15 is 0 Å². The highest BCUT2D eigenvalue weighted by Gasteiger charge is 2.08.